The van der Waals surface area contributed by atoms with Crippen molar-refractivity contribution in [3.8, 4) is 5.75 Å². The molecule has 6 amide bonds. The zero-order chi connectivity index (χ0) is 49.3. The molecule has 3 unspecified atom stereocenters. The average molecular weight is 965 g/mol. The molecule has 5 fully saturated rings. The van der Waals surface area contributed by atoms with Gasteiger partial charge in [-0.2, -0.15) is 0 Å². The van der Waals surface area contributed by atoms with Gasteiger partial charge in [0, 0.05) is 5.38 Å². The molecule has 364 valence electrons. The molecule has 20 heteroatoms. The van der Waals surface area contributed by atoms with Crippen LogP contribution in [0.25, 0.3) is 0 Å². The van der Waals surface area contributed by atoms with Gasteiger partial charge in [0.15, 0.2) is 11.2 Å². The van der Waals surface area contributed by atoms with Gasteiger partial charge in [0.05, 0.1) is 43.5 Å². The van der Waals surface area contributed by atoms with Gasteiger partial charge in [-0.1, -0.05) is 86.6 Å². The highest BCUT2D eigenvalue weighted by Crippen LogP contribution is 2.65. The van der Waals surface area contributed by atoms with Crippen molar-refractivity contribution in [1.82, 2.24) is 25.6 Å². The lowest BCUT2D eigenvalue weighted by atomic mass is 9.43. The normalized spacial score (nSPS) is 22.4. The highest BCUT2D eigenvalue weighted by molar-refractivity contribution is 7.14. The quantitative estimate of drug-likeness (QED) is 0.0669. The van der Waals surface area contributed by atoms with Crippen molar-refractivity contribution in [3.05, 3.63) is 112 Å². The number of anilines is 1. The monoisotopic (exact) mass is 964 g/mol. The van der Waals surface area contributed by atoms with Crippen LogP contribution in [0.5, 0.6) is 5.75 Å². The molecule has 2 aliphatic heterocycles. The first-order valence-corrected chi connectivity index (χ1v) is 23.8. The maximum Gasteiger partial charge on any atom is 0.482 e. The number of thiazole rings is 1. The summed E-state index contributed by atoms with van der Waals surface area (Å²) in [6.45, 7) is 11.4. The van der Waals surface area contributed by atoms with Crippen molar-refractivity contribution in [1.29, 1.82) is 0 Å². The smallest absolute Gasteiger partial charge is 0.482 e. The molecule has 9 rings (SSSR count). The second-order valence-corrected chi connectivity index (χ2v) is 20.3. The van der Waals surface area contributed by atoms with Crippen molar-refractivity contribution >= 4 is 59.4 Å². The van der Waals surface area contributed by atoms with Gasteiger partial charge in [0.1, 0.15) is 30.1 Å². The Hall–Kier alpha value is -6.35. The summed E-state index contributed by atoms with van der Waals surface area (Å²) in [5.74, 6) is -3.78. The van der Waals surface area contributed by atoms with Gasteiger partial charge in [0.2, 0.25) is 5.91 Å². The highest BCUT2D eigenvalue weighted by atomic mass is 32.1. The van der Waals surface area contributed by atoms with Crippen molar-refractivity contribution in [2.24, 2.45) is 17.3 Å². The Morgan fingerprint density at radius 1 is 0.899 bits per heavy atom. The van der Waals surface area contributed by atoms with Gasteiger partial charge in [-0.15, -0.1) is 11.3 Å². The number of carbonyl (C=O) groups is 6. The third-order valence-electron chi connectivity index (χ3n) is 13.4. The van der Waals surface area contributed by atoms with Gasteiger partial charge in [-0.05, 0) is 87.0 Å². The second-order valence-electron chi connectivity index (χ2n) is 19.4. The molecule has 1 aromatic heterocycles. The molecular weight excluding hydrogens is 907 g/mol. The maximum atomic E-state index is 15.0. The summed E-state index contributed by atoms with van der Waals surface area (Å²) >= 11 is 0.968. The Morgan fingerprint density at radius 3 is 2.26 bits per heavy atom. The van der Waals surface area contributed by atoms with Crippen LogP contribution in [-0.2, 0) is 57.6 Å². The highest BCUT2D eigenvalue weighted by Gasteiger charge is 2.68. The number of esters is 1. The number of ether oxygens (including phenoxy) is 3. The van der Waals surface area contributed by atoms with Crippen LogP contribution >= 0.6 is 11.3 Å². The fourth-order valence-electron chi connectivity index (χ4n) is 9.73. The Balaban J connectivity index is 1.07. The molecular formula is C49H57BN6O12S. The first kappa shape index (κ1) is 49.1. The van der Waals surface area contributed by atoms with E-state index < -0.39 is 66.1 Å². The van der Waals surface area contributed by atoms with E-state index in [0.717, 1.165) is 40.4 Å². The van der Waals surface area contributed by atoms with Crippen LogP contribution in [0.2, 0.25) is 0 Å². The van der Waals surface area contributed by atoms with Crippen LogP contribution in [0, 0.1) is 17.3 Å². The number of hydrogen-bond donors (Lipinski definition) is 3. The number of nitrogens with one attached hydrogen (secondary N) is 3. The number of aromatic nitrogens is 1. The first-order chi connectivity index (χ1) is 32.8. The van der Waals surface area contributed by atoms with E-state index >= 15 is 0 Å². The fraction of sp³-hybridized carbons (Fsp3) is 0.449. The van der Waals surface area contributed by atoms with Gasteiger partial charge >= 0.3 is 37.0 Å². The second kappa shape index (κ2) is 19.9. The van der Waals surface area contributed by atoms with Crippen LogP contribution in [0.1, 0.15) is 93.2 Å². The van der Waals surface area contributed by atoms with Crippen LogP contribution in [-0.4, -0.2) is 101 Å². The molecule has 2 saturated heterocycles. The van der Waals surface area contributed by atoms with Crippen LogP contribution in [0.3, 0.4) is 0 Å². The zero-order valence-electron chi connectivity index (χ0n) is 39.6. The summed E-state index contributed by atoms with van der Waals surface area (Å²) in [4.78, 5) is 93.1. The predicted octanol–water partition coefficient (Wildman–Crippen LogP) is 6.40. The van der Waals surface area contributed by atoms with E-state index in [0.29, 0.717) is 16.4 Å². The average Bonchev–Trinajstić information content (AvgIpc) is 3.93. The molecule has 3 aromatic carbocycles. The first-order valence-electron chi connectivity index (χ1n) is 22.9. The van der Waals surface area contributed by atoms with Crippen molar-refractivity contribution in [3.63, 3.8) is 0 Å². The number of hydrogen-bond acceptors (Lipinski definition) is 14. The van der Waals surface area contributed by atoms with E-state index in [9.17, 15) is 28.8 Å². The van der Waals surface area contributed by atoms with E-state index in [1.54, 1.807) is 63.2 Å². The number of benzene rings is 3. The number of methoxy groups -OCH3 is 1. The summed E-state index contributed by atoms with van der Waals surface area (Å²) in [5.41, 5.74) is 0.735. The number of amides is 6. The lowest BCUT2D eigenvalue weighted by Crippen LogP contribution is -2.65. The SMILES string of the molecule is COc1c(CC(NC(=O)C(NC(=O)N2CCN(OCc3ccccc3)C(=O)C2=O)c2csc(NC(=O)OCc3ccccc3)n2)B2OC3C[C@H]4C[C@@H](C4(C)C)[C@]3(C)O2)cccc1C(=O)OC(C)(C)C. The standard InChI is InChI=1S/C49H57BN6O12S/c1-47(2,3)66-43(60)33-20-14-19-31(39(33)63-7)23-37(50-67-36-25-32-24-35(48(32,4)5)49(36,6)68-50)52-40(57)38(34-28-69-44(51-34)54-46(62)64-26-29-15-10-8-11-16-29)53-45(61)55-21-22-56(42(59)41(55)58)65-27-30-17-12-9-13-18-30/h8-20,28,32,35-38H,21-27H2,1-7H3,(H,52,57)(H,53,61)(H,51,54,62)/t32-,35+,36?,37?,38?,49+/m1/s1. The van der Waals surface area contributed by atoms with Crippen molar-refractivity contribution in [2.75, 3.05) is 25.5 Å². The molecule has 4 aromatic rings. The molecule has 0 radical (unpaired) electrons. The molecule has 3 aliphatic carbocycles. The number of imide groups is 1. The van der Waals surface area contributed by atoms with Gasteiger partial charge in [0.25, 0.3) is 0 Å². The number of rotatable bonds is 15. The molecule has 69 heavy (non-hydrogen) atoms. The molecule has 6 atom stereocenters. The summed E-state index contributed by atoms with van der Waals surface area (Å²) in [7, 11) is 0.423. The largest absolute Gasteiger partial charge is 0.496 e. The van der Waals surface area contributed by atoms with Gasteiger partial charge in [-0.25, -0.2) is 24.4 Å². The van der Waals surface area contributed by atoms with Crippen LogP contribution < -0.4 is 20.7 Å². The number of nitrogens with zero attached hydrogens (tertiary/aromatic N) is 3. The van der Waals surface area contributed by atoms with E-state index in [1.807, 2.05) is 43.3 Å². The van der Waals surface area contributed by atoms with E-state index in [2.05, 4.69) is 34.8 Å². The summed E-state index contributed by atoms with van der Waals surface area (Å²) in [5, 5.41) is 10.7. The predicted molar refractivity (Wildman–Crippen MR) is 252 cm³/mol. The minimum Gasteiger partial charge on any atom is -0.496 e. The van der Waals surface area contributed by atoms with Crippen LogP contribution in [0.4, 0.5) is 14.7 Å². The molecule has 2 bridgehead atoms. The Kier molecular flexibility index (Phi) is 14.2. The molecule has 3 heterocycles. The number of urea groups is 1. The van der Waals surface area contributed by atoms with E-state index in [4.69, 9.17) is 28.4 Å². The van der Waals surface area contributed by atoms with Gasteiger partial charge < -0.3 is 34.2 Å². The fourth-order valence-corrected chi connectivity index (χ4v) is 10.4. The minimum absolute atomic E-state index is 0.00520. The molecule has 18 nitrogen and oxygen atoms in total. The van der Waals surface area contributed by atoms with E-state index in [1.165, 1.54) is 12.5 Å². The zero-order valence-corrected chi connectivity index (χ0v) is 40.5. The molecule has 5 aliphatic rings. The van der Waals surface area contributed by atoms with E-state index in [-0.39, 0.29) is 72.3 Å². The van der Waals surface area contributed by atoms with Crippen molar-refractivity contribution < 1.29 is 57.1 Å². The molecule has 0 spiro atoms. The number of hydroxylamine groups is 2. The van der Waals surface area contributed by atoms with Crippen LogP contribution in [0.15, 0.2) is 84.2 Å². The minimum atomic E-state index is -1.61. The lowest BCUT2D eigenvalue weighted by Gasteiger charge is -2.64. The number of carbonyl (C=O) groups excluding carboxylic acids is 6. The topological polar surface area (TPSA) is 213 Å². The van der Waals surface area contributed by atoms with Gasteiger partial charge in [-0.3, -0.25) is 29.4 Å². The summed E-state index contributed by atoms with van der Waals surface area (Å²) in [6.07, 6.45) is 0.660. The number of piperazine rings is 1. The maximum absolute atomic E-state index is 15.0. The Labute approximate surface area is 404 Å². The molecule has 3 N–H and O–H groups in total. The van der Waals surface area contributed by atoms with Crippen molar-refractivity contribution in [2.45, 2.75) is 103 Å². The third-order valence-corrected chi connectivity index (χ3v) is 14.2. The third kappa shape index (κ3) is 10.6. The number of para-hydroxylation sites is 1. The summed E-state index contributed by atoms with van der Waals surface area (Å²) in [6, 6.07) is 20.5. The Morgan fingerprint density at radius 2 is 1.59 bits per heavy atom. The molecule has 3 saturated carbocycles. The Bertz CT molecular complexity index is 2580. The lowest BCUT2D eigenvalue weighted by molar-refractivity contribution is -0.201. The summed E-state index contributed by atoms with van der Waals surface area (Å²) < 4.78 is 30.6.